The lowest BCUT2D eigenvalue weighted by atomic mass is 10.00. The third kappa shape index (κ3) is 3.34. The monoisotopic (exact) mass is 245 g/mol. The molecule has 4 nitrogen and oxygen atoms in total. The minimum absolute atomic E-state index is 0.00316. The molecule has 1 aromatic carbocycles. The maximum Gasteiger partial charge on any atom is 0.224 e. The fraction of sp³-hybridized carbons (Fsp3) is 0.357. The SMILES string of the molecule is CC(C)(N)CCC(=O)Nc1ccc2[nH]ccc2c1. The lowest BCUT2D eigenvalue weighted by Gasteiger charge is -2.17. The smallest absolute Gasteiger partial charge is 0.224 e. The molecule has 1 amide bonds. The summed E-state index contributed by atoms with van der Waals surface area (Å²) in [5, 5.41) is 3.98. The fourth-order valence-corrected chi connectivity index (χ4v) is 1.79. The Morgan fingerprint density at radius 3 is 2.89 bits per heavy atom. The highest BCUT2D eigenvalue weighted by Crippen LogP contribution is 2.18. The summed E-state index contributed by atoms with van der Waals surface area (Å²) in [5.74, 6) is 0.00316. The van der Waals surface area contributed by atoms with E-state index in [4.69, 9.17) is 5.73 Å². The second-order valence-electron chi connectivity index (χ2n) is 5.32. The number of nitrogens with one attached hydrogen (secondary N) is 2. The van der Waals surface area contributed by atoms with Gasteiger partial charge >= 0.3 is 0 Å². The van der Waals surface area contributed by atoms with Crippen molar-refractivity contribution < 1.29 is 4.79 Å². The molecule has 18 heavy (non-hydrogen) atoms. The van der Waals surface area contributed by atoms with E-state index in [0.717, 1.165) is 16.6 Å². The quantitative estimate of drug-likeness (QED) is 0.775. The largest absolute Gasteiger partial charge is 0.361 e. The summed E-state index contributed by atoms with van der Waals surface area (Å²) in [4.78, 5) is 14.9. The van der Waals surface area contributed by atoms with Gasteiger partial charge in [0, 0.05) is 34.7 Å². The van der Waals surface area contributed by atoms with Crippen LogP contribution in [0.15, 0.2) is 30.5 Å². The number of aromatic nitrogens is 1. The molecule has 0 atom stereocenters. The Morgan fingerprint density at radius 1 is 1.39 bits per heavy atom. The van der Waals surface area contributed by atoms with E-state index >= 15 is 0 Å². The Kier molecular flexibility index (Phi) is 3.39. The van der Waals surface area contributed by atoms with Crippen molar-refractivity contribution in [2.24, 2.45) is 5.73 Å². The Labute approximate surface area is 107 Å². The van der Waals surface area contributed by atoms with E-state index in [0.29, 0.717) is 12.8 Å². The highest BCUT2D eigenvalue weighted by Gasteiger charge is 2.13. The zero-order valence-electron chi connectivity index (χ0n) is 10.8. The number of benzene rings is 1. The molecule has 0 fully saturated rings. The van der Waals surface area contributed by atoms with Crippen molar-refractivity contribution in [2.45, 2.75) is 32.2 Å². The number of hydrogen-bond acceptors (Lipinski definition) is 2. The van der Waals surface area contributed by atoms with E-state index in [1.54, 1.807) is 0 Å². The zero-order valence-corrected chi connectivity index (χ0v) is 10.8. The summed E-state index contributed by atoms with van der Waals surface area (Å²) in [5.41, 5.74) is 7.44. The van der Waals surface area contributed by atoms with Gasteiger partial charge in [-0.2, -0.15) is 0 Å². The first-order valence-corrected chi connectivity index (χ1v) is 6.10. The molecule has 0 aliphatic rings. The van der Waals surface area contributed by atoms with Gasteiger partial charge in [0.25, 0.3) is 0 Å². The van der Waals surface area contributed by atoms with E-state index in [1.165, 1.54) is 0 Å². The molecule has 0 spiro atoms. The van der Waals surface area contributed by atoms with Crippen LogP contribution in [0.25, 0.3) is 10.9 Å². The normalized spacial score (nSPS) is 11.7. The van der Waals surface area contributed by atoms with E-state index in [2.05, 4.69) is 10.3 Å². The van der Waals surface area contributed by atoms with Crippen LogP contribution in [0.5, 0.6) is 0 Å². The number of hydrogen-bond donors (Lipinski definition) is 3. The molecular weight excluding hydrogens is 226 g/mol. The second kappa shape index (κ2) is 4.82. The summed E-state index contributed by atoms with van der Waals surface area (Å²) < 4.78 is 0. The molecule has 0 unspecified atom stereocenters. The van der Waals surface area contributed by atoms with Crippen LogP contribution in [0.4, 0.5) is 5.69 Å². The van der Waals surface area contributed by atoms with Crippen LogP contribution in [0.3, 0.4) is 0 Å². The van der Waals surface area contributed by atoms with Crippen molar-refractivity contribution in [1.29, 1.82) is 0 Å². The van der Waals surface area contributed by atoms with Crippen molar-refractivity contribution in [3.63, 3.8) is 0 Å². The van der Waals surface area contributed by atoms with E-state index < -0.39 is 0 Å². The molecule has 4 N–H and O–H groups in total. The molecule has 0 bridgehead atoms. The Balaban J connectivity index is 1.98. The maximum atomic E-state index is 11.8. The predicted octanol–water partition coefficient (Wildman–Crippen LogP) is 2.62. The van der Waals surface area contributed by atoms with E-state index in [1.807, 2.05) is 44.3 Å². The van der Waals surface area contributed by atoms with Crippen LogP contribution in [-0.4, -0.2) is 16.4 Å². The minimum Gasteiger partial charge on any atom is -0.361 e. The van der Waals surface area contributed by atoms with Crippen LogP contribution in [0.2, 0.25) is 0 Å². The lowest BCUT2D eigenvalue weighted by molar-refractivity contribution is -0.116. The van der Waals surface area contributed by atoms with E-state index in [9.17, 15) is 4.79 Å². The number of amides is 1. The van der Waals surface area contributed by atoms with Crippen molar-refractivity contribution in [3.05, 3.63) is 30.5 Å². The first kappa shape index (κ1) is 12.6. The van der Waals surface area contributed by atoms with Crippen LogP contribution in [-0.2, 0) is 4.79 Å². The molecule has 0 aliphatic heterocycles. The van der Waals surface area contributed by atoms with Gasteiger partial charge in [-0.05, 0) is 44.5 Å². The summed E-state index contributed by atoms with van der Waals surface area (Å²) in [6.07, 6.45) is 2.99. The zero-order chi connectivity index (χ0) is 13.2. The number of fused-ring (bicyclic) bond motifs is 1. The van der Waals surface area contributed by atoms with E-state index in [-0.39, 0.29) is 11.4 Å². The molecule has 96 valence electrons. The molecule has 0 radical (unpaired) electrons. The molecule has 1 aromatic heterocycles. The van der Waals surface area contributed by atoms with Gasteiger partial charge in [-0.15, -0.1) is 0 Å². The summed E-state index contributed by atoms with van der Waals surface area (Å²) >= 11 is 0. The van der Waals surface area contributed by atoms with Crippen LogP contribution in [0, 0.1) is 0 Å². The van der Waals surface area contributed by atoms with Crippen molar-refractivity contribution in [1.82, 2.24) is 4.98 Å². The van der Waals surface area contributed by atoms with Crippen molar-refractivity contribution in [2.75, 3.05) is 5.32 Å². The van der Waals surface area contributed by atoms with Crippen LogP contribution >= 0.6 is 0 Å². The van der Waals surface area contributed by atoms with Gasteiger partial charge in [0.1, 0.15) is 0 Å². The third-order valence-electron chi connectivity index (χ3n) is 2.83. The number of carbonyl (C=O) groups is 1. The third-order valence-corrected chi connectivity index (χ3v) is 2.83. The molecule has 0 aliphatic carbocycles. The highest BCUT2D eigenvalue weighted by molar-refractivity contribution is 5.93. The first-order valence-electron chi connectivity index (χ1n) is 6.10. The number of H-pyrrole nitrogens is 1. The molecule has 0 saturated carbocycles. The number of nitrogens with two attached hydrogens (primary N) is 1. The molecule has 4 heteroatoms. The second-order valence-corrected chi connectivity index (χ2v) is 5.32. The van der Waals surface area contributed by atoms with Gasteiger partial charge in [-0.25, -0.2) is 0 Å². The average molecular weight is 245 g/mol. The number of aromatic amines is 1. The molecule has 0 saturated heterocycles. The first-order chi connectivity index (χ1) is 8.44. The van der Waals surface area contributed by atoms with Crippen LogP contribution < -0.4 is 11.1 Å². The number of rotatable bonds is 4. The topological polar surface area (TPSA) is 70.9 Å². The van der Waals surface area contributed by atoms with Gasteiger partial charge in [0.15, 0.2) is 0 Å². The number of carbonyl (C=O) groups excluding carboxylic acids is 1. The summed E-state index contributed by atoms with van der Waals surface area (Å²) in [7, 11) is 0. The summed E-state index contributed by atoms with van der Waals surface area (Å²) in [6.45, 7) is 3.85. The van der Waals surface area contributed by atoms with Gasteiger partial charge < -0.3 is 16.0 Å². The number of anilines is 1. The standard InChI is InChI=1S/C14H19N3O/c1-14(2,15)7-5-13(18)17-11-3-4-12-10(9-11)6-8-16-12/h3-4,6,8-9,16H,5,7,15H2,1-2H3,(H,17,18). The molecular formula is C14H19N3O. The predicted molar refractivity (Wildman–Crippen MR) is 74.4 cm³/mol. The summed E-state index contributed by atoms with van der Waals surface area (Å²) in [6, 6.07) is 7.79. The Hall–Kier alpha value is -1.81. The minimum atomic E-state index is -0.304. The van der Waals surface area contributed by atoms with Crippen molar-refractivity contribution >= 4 is 22.5 Å². The molecule has 1 heterocycles. The van der Waals surface area contributed by atoms with Gasteiger partial charge in [0.2, 0.25) is 5.91 Å². The maximum absolute atomic E-state index is 11.8. The highest BCUT2D eigenvalue weighted by atomic mass is 16.1. The molecule has 2 aromatic rings. The average Bonchev–Trinajstić information content (AvgIpc) is 2.72. The van der Waals surface area contributed by atoms with Gasteiger partial charge in [-0.1, -0.05) is 0 Å². The lowest BCUT2D eigenvalue weighted by Crippen LogP contribution is -2.33. The molecule has 2 rings (SSSR count). The van der Waals surface area contributed by atoms with Gasteiger partial charge in [0.05, 0.1) is 0 Å². The van der Waals surface area contributed by atoms with Crippen LogP contribution in [0.1, 0.15) is 26.7 Å². The Morgan fingerprint density at radius 2 is 2.17 bits per heavy atom. The fourth-order valence-electron chi connectivity index (χ4n) is 1.79. The van der Waals surface area contributed by atoms with Crippen molar-refractivity contribution in [3.8, 4) is 0 Å². The van der Waals surface area contributed by atoms with Gasteiger partial charge in [-0.3, -0.25) is 4.79 Å². The Bertz CT molecular complexity index is 551.